The Morgan fingerprint density at radius 3 is 2.64 bits per heavy atom. The molecule has 0 amide bonds. The van der Waals surface area contributed by atoms with Gasteiger partial charge in [-0.15, -0.1) is 0 Å². The summed E-state index contributed by atoms with van der Waals surface area (Å²) in [5, 5.41) is 5.41. The maximum atomic E-state index is 12.1. The summed E-state index contributed by atoms with van der Waals surface area (Å²) in [4.78, 5) is 14.2. The number of carbonyl (C=O) groups is 1. The highest BCUT2D eigenvalue weighted by Gasteiger charge is 2.24. The van der Waals surface area contributed by atoms with Gasteiger partial charge in [0.25, 0.3) is 0 Å². The fourth-order valence-electron chi connectivity index (χ4n) is 3.73. The zero-order valence-electron chi connectivity index (χ0n) is 16.4. The van der Waals surface area contributed by atoms with Gasteiger partial charge < -0.3 is 9.30 Å². The minimum atomic E-state index is -0.261. The lowest BCUT2D eigenvalue weighted by molar-refractivity contribution is -0.142. The number of benzene rings is 1. The molecule has 0 radical (unpaired) electrons. The maximum absolute atomic E-state index is 12.1. The van der Waals surface area contributed by atoms with Crippen molar-refractivity contribution in [2.24, 2.45) is 0 Å². The number of hydrogen-bond acceptors (Lipinski definition) is 5. The molecule has 8 heteroatoms. The molecule has 3 rings (SSSR count). The Labute approximate surface area is 176 Å². The van der Waals surface area contributed by atoms with Crippen LogP contribution in [0.2, 0.25) is 5.02 Å². The maximum Gasteiger partial charge on any atom is 0.313 e. The molecule has 1 fully saturated rings. The smallest absolute Gasteiger partial charge is 0.313 e. The van der Waals surface area contributed by atoms with Crippen LogP contribution in [-0.4, -0.2) is 38.9 Å². The van der Waals surface area contributed by atoms with Gasteiger partial charge in [-0.25, -0.2) is 4.68 Å². The van der Waals surface area contributed by atoms with Gasteiger partial charge in [0.2, 0.25) is 0 Å². The van der Waals surface area contributed by atoms with Crippen LogP contribution in [0.3, 0.4) is 0 Å². The fourth-order valence-corrected chi connectivity index (χ4v) is 4.21. The number of carbonyl (C=O) groups excluding carboxylic acids is 1. The van der Waals surface area contributed by atoms with Crippen LogP contribution in [0.25, 0.3) is 0 Å². The molecule has 1 aliphatic carbocycles. The minimum Gasteiger partial charge on any atom is -0.466 e. The average molecular weight is 423 g/mol. The number of nitrogens with zero attached hydrogens (tertiary/aromatic N) is 4. The van der Waals surface area contributed by atoms with Crippen LogP contribution < -0.4 is 0 Å². The minimum absolute atomic E-state index is 0.155. The third-order valence-corrected chi connectivity index (χ3v) is 5.64. The molecule has 6 nitrogen and oxygen atoms in total. The van der Waals surface area contributed by atoms with E-state index < -0.39 is 0 Å². The molecule has 1 aliphatic rings. The molecular formula is C20H27ClN4O2S. The molecule has 0 N–H and O–H groups in total. The summed E-state index contributed by atoms with van der Waals surface area (Å²) in [6.45, 7) is 3.48. The van der Waals surface area contributed by atoms with Crippen molar-refractivity contribution in [2.75, 3.05) is 13.7 Å². The molecule has 0 bridgehead atoms. The van der Waals surface area contributed by atoms with Crippen LogP contribution in [0.5, 0.6) is 0 Å². The summed E-state index contributed by atoms with van der Waals surface area (Å²) in [5.41, 5.74) is 1.17. The normalized spacial score (nSPS) is 14.7. The monoisotopic (exact) mass is 422 g/mol. The number of aromatic nitrogens is 3. The highest BCUT2D eigenvalue weighted by atomic mass is 35.5. The van der Waals surface area contributed by atoms with Crippen LogP contribution in [0.1, 0.15) is 50.0 Å². The van der Waals surface area contributed by atoms with Crippen LogP contribution in [-0.2, 0) is 29.2 Å². The predicted octanol–water partition coefficient (Wildman–Crippen LogP) is 4.38. The lowest BCUT2D eigenvalue weighted by Crippen LogP contribution is -2.22. The van der Waals surface area contributed by atoms with E-state index in [1.54, 1.807) is 0 Å². The molecule has 0 spiro atoms. The topological polar surface area (TPSA) is 52.3 Å². The Balaban J connectivity index is 1.78. The molecule has 1 aromatic carbocycles. The Hall–Kier alpha value is -1.70. The van der Waals surface area contributed by atoms with Crippen molar-refractivity contribution in [3.05, 3.63) is 45.4 Å². The highest BCUT2D eigenvalue weighted by molar-refractivity contribution is 7.71. The summed E-state index contributed by atoms with van der Waals surface area (Å²) in [5.74, 6) is 0.443. The first-order valence-corrected chi connectivity index (χ1v) is 10.5. The van der Waals surface area contributed by atoms with E-state index in [4.69, 9.17) is 28.6 Å². The van der Waals surface area contributed by atoms with Crippen molar-refractivity contribution < 1.29 is 9.53 Å². The van der Waals surface area contributed by atoms with E-state index in [2.05, 4.69) is 14.6 Å². The van der Waals surface area contributed by atoms with E-state index in [0.717, 1.165) is 24.4 Å². The number of esters is 1. The van der Waals surface area contributed by atoms with Gasteiger partial charge in [0.05, 0.1) is 13.3 Å². The zero-order chi connectivity index (χ0) is 20.1. The quantitative estimate of drug-likeness (QED) is 0.466. The van der Waals surface area contributed by atoms with Crippen molar-refractivity contribution in [2.45, 2.75) is 58.3 Å². The van der Waals surface area contributed by atoms with E-state index >= 15 is 0 Å². The van der Waals surface area contributed by atoms with E-state index in [9.17, 15) is 4.79 Å². The van der Waals surface area contributed by atoms with Crippen molar-refractivity contribution in [1.82, 2.24) is 19.2 Å². The first-order valence-electron chi connectivity index (χ1n) is 9.74. The number of hydrogen-bond donors (Lipinski definition) is 0. The van der Waals surface area contributed by atoms with Gasteiger partial charge in [-0.2, -0.15) is 5.10 Å². The third kappa shape index (κ3) is 5.21. The van der Waals surface area contributed by atoms with Crippen LogP contribution in [0.15, 0.2) is 24.3 Å². The molecule has 0 saturated heterocycles. The SMILES string of the molecule is CCOC(=O)Cc1nn(CN(C)Cc2ccc(Cl)cc2)c(=S)n1C1CCCC1. The average Bonchev–Trinajstić information content (AvgIpc) is 3.26. The van der Waals surface area contributed by atoms with E-state index in [1.165, 1.54) is 18.4 Å². The Kier molecular flexibility index (Phi) is 7.26. The van der Waals surface area contributed by atoms with Gasteiger partial charge in [-0.1, -0.05) is 36.6 Å². The Morgan fingerprint density at radius 1 is 1.32 bits per heavy atom. The molecule has 28 heavy (non-hydrogen) atoms. The number of ether oxygens (including phenoxy) is 1. The summed E-state index contributed by atoms with van der Waals surface area (Å²) in [7, 11) is 2.02. The largest absolute Gasteiger partial charge is 0.466 e. The summed E-state index contributed by atoms with van der Waals surface area (Å²) in [6.07, 6.45) is 4.69. The molecule has 0 aliphatic heterocycles. The molecule has 1 heterocycles. The summed E-state index contributed by atoms with van der Waals surface area (Å²) < 4.78 is 9.70. The molecular weight excluding hydrogens is 396 g/mol. The predicted molar refractivity (Wildman–Crippen MR) is 112 cm³/mol. The molecule has 1 aromatic heterocycles. The van der Waals surface area contributed by atoms with E-state index in [-0.39, 0.29) is 12.4 Å². The fraction of sp³-hybridized carbons (Fsp3) is 0.550. The van der Waals surface area contributed by atoms with Gasteiger partial charge in [0, 0.05) is 17.6 Å². The zero-order valence-corrected chi connectivity index (χ0v) is 18.0. The van der Waals surface area contributed by atoms with Gasteiger partial charge in [0.15, 0.2) is 4.77 Å². The van der Waals surface area contributed by atoms with Crippen molar-refractivity contribution in [3.63, 3.8) is 0 Å². The van der Waals surface area contributed by atoms with Crippen molar-refractivity contribution in [1.29, 1.82) is 0 Å². The van der Waals surface area contributed by atoms with Crippen LogP contribution in [0, 0.1) is 4.77 Å². The van der Waals surface area contributed by atoms with Gasteiger partial charge in [0.1, 0.15) is 12.2 Å². The Morgan fingerprint density at radius 2 is 2.00 bits per heavy atom. The highest BCUT2D eigenvalue weighted by Crippen LogP contribution is 2.31. The lowest BCUT2D eigenvalue weighted by atomic mass is 10.2. The lowest BCUT2D eigenvalue weighted by Gasteiger charge is -2.17. The molecule has 0 atom stereocenters. The third-order valence-electron chi connectivity index (χ3n) is 4.98. The molecule has 1 saturated carbocycles. The van der Waals surface area contributed by atoms with E-state index in [0.29, 0.717) is 29.9 Å². The van der Waals surface area contributed by atoms with Crippen LogP contribution >= 0.6 is 23.8 Å². The van der Waals surface area contributed by atoms with Gasteiger partial charge in [-0.3, -0.25) is 9.69 Å². The summed E-state index contributed by atoms with van der Waals surface area (Å²) in [6, 6.07) is 8.14. The molecule has 2 aromatic rings. The van der Waals surface area contributed by atoms with Gasteiger partial charge >= 0.3 is 5.97 Å². The standard InChI is InChI=1S/C20H27ClN4O2S/c1-3-27-19(26)12-18-22-24(20(28)25(18)17-6-4-5-7-17)14-23(2)13-15-8-10-16(21)11-9-15/h8-11,17H,3-7,12-14H2,1-2H3. The van der Waals surface area contributed by atoms with E-state index in [1.807, 2.05) is 42.9 Å². The van der Waals surface area contributed by atoms with Crippen LogP contribution in [0.4, 0.5) is 0 Å². The van der Waals surface area contributed by atoms with Gasteiger partial charge in [-0.05, 0) is 56.7 Å². The second-order valence-electron chi connectivity index (χ2n) is 7.27. The number of rotatable bonds is 8. The summed E-state index contributed by atoms with van der Waals surface area (Å²) >= 11 is 11.7. The second-order valence-corrected chi connectivity index (χ2v) is 8.07. The first kappa shape index (κ1) is 21.0. The Bertz CT molecular complexity index is 856. The molecule has 152 valence electrons. The first-order chi connectivity index (χ1) is 13.5. The number of halogens is 1. The van der Waals surface area contributed by atoms with Crippen molar-refractivity contribution in [3.8, 4) is 0 Å². The van der Waals surface area contributed by atoms with Crippen molar-refractivity contribution >= 4 is 29.8 Å². The second kappa shape index (κ2) is 9.67. The molecule has 0 unspecified atom stereocenters.